The number of fused-ring (bicyclic) bond motifs is 1. The van der Waals surface area contributed by atoms with E-state index in [1.165, 1.54) is 7.11 Å². The first kappa shape index (κ1) is 20.8. The quantitative estimate of drug-likeness (QED) is 0.259. The highest BCUT2D eigenvalue weighted by Crippen LogP contribution is 2.27. The molecular formula is C18H20N4O6. The monoisotopic (exact) mass is 388 g/mol. The van der Waals surface area contributed by atoms with Crippen molar-refractivity contribution in [1.29, 1.82) is 0 Å². The second-order valence-electron chi connectivity index (χ2n) is 6.07. The number of carbonyl (C=O) groups is 3. The number of hydrogen-bond donors (Lipinski definition) is 4. The van der Waals surface area contributed by atoms with Gasteiger partial charge in [0.25, 0.3) is 0 Å². The van der Waals surface area contributed by atoms with Crippen molar-refractivity contribution < 1.29 is 34.1 Å². The molecule has 0 bridgehead atoms. The van der Waals surface area contributed by atoms with Gasteiger partial charge in [-0.25, -0.2) is 4.79 Å². The van der Waals surface area contributed by atoms with Crippen LogP contribution < -0.4 is 10.1 Å². The average Bonchev–Trinajstić information content (AvgIpc) is 3.07. The number of aliphatic hydroxyl groups excluding tert-OH is 1. The second kappa shape index (κ2) is 9.45. The summed E-state index contributed by atoms with van der Waals surface area (Å²) >= 11 is 0. The largest absolute Gasteiger partial charge is 0.495 e. The molecule has 0 aliphatic rings. The molecule has 4 N–H and O–H groups in total. The Balaban J connectivity index is 2.04. The molecule has 0 saturated carbocycles. The van der Waals surface area contributed by atoms with Gasteiger partial charge in [-0.05, 0) is 18.1 Å². The third-order valence-corrected chi connectivity index (χ3v) is 4.19. The molecule has 0 spiro atoms. The van der Waals surface area contributed by atoms with Crippen molar-refractivity contribution in [2.75, 3.05) is 7.11 Å². The first-order valence-electron chi connectivity index (χ1n) is 8.41. The van der Waals surface area contributed by atoms with Crippen LogP contribution in [0.5, 0.6) is 5.75 Å². The van der Waals surface area contributed by atoms with Gasteiger partial charge in [0.15, 0.2) is 0 Å². The summed E-state index contributed by atoms with van der Waals surface area (Å²) in [5.41, 5.74) is 9.67. The molecule has 28 heavy (non-hydrogen) atoms. The van der Waals surface area contributed by atoms with Crippen molar-refractivity contribution in [3.05, 3.63) is 35.5 Å². The summed E-state index contributed by atoms with van der Waals surface area (Å²) in [5.74, 6) is -2.18. The van der Waals surface area contributed by atoms with E-state index in [0.717, 1.165) is 10.9 Å². The fourth-order valence-corrected chi connectivity index (χ4v) is 2.77. The highest BCUT2D eigenvalue weighted by molar-refractivity contribution is 6.25. The van der Waals surface area contributed by atoms with Crippen molar-refractivity contribution in [2.24, 2.45) is 0 Å². The summed E-state index contributed by atoms with van der Waals surface area (Å²) in [5, 5.41) is 22.4. The molecule has 2 unspecified atom stereocenters. The van der Waals surface area contributed by atoms with Gasteiger partial charge in [0.05, 0.1) is 12.6 Å². The third kappa shape index (κ3) is 5.03. The van der Waals surface area contributed by atoms with Crippen molar-refractivity contribution >= 4 is 34.8 Å². The SMILES string of the molecule is COc1cccc2c(CC(O)C(=O)NC(CCC(=O)C=[N+]=[N-])C(=O)O)c[nH]c12. The van der Waals surface area contributed by atoms with E-state index in [0.29, 0.717) is 17.5 Å². The number of hydrogen-bond acceptors (Lipinski definition) is 5. The number of carboxylic acid groups (broad SMARTS) is 1. The smallest absolute Gasteiger partial charge is 0.326 e. The number of carbonyl (C=O) groups excluding carboxylic acids is 2. The predicted molar refractivity (Wildman–Crippen MR) is 98.1 cm³/mol. The van der Waals surface area contributed by atoms with Gasteiger partial charge in [0.1, 0.15) is 17.9 Å². The molecular weight excluding hydrogens is 368 g/mol. The average molecular weight is 388 g/mol. The molecule has 2 atom stereocenters. The Kier molecular flexibility index (Phi) is 7.02. The zero-order valence-corrected chi connectivity index (χ0v) is 15.1. The number of ketones is 1. The molecule has 0 saturated heterocycles. The minimum absolute atomic E-state index is 0.0402. The zero-order valence-electron chi connectivity index (χ0n) is 15.1. The van der Waals surface area contributed by atoms with Crippen molar-refractivity contribution in [2.45, 2.75) is 31.4 Å². The van der Waals surface area contributed by atoms with Crippen LogP contribution in [0, 0.1) is 0 Å². The van der Waals surface area contributed by atoms with Crippen LogP contribution in [0.25, 0.3) is 16.4 Å². The summed E-state index contributed by atoms with van der Waals surface area (Å²) in [7, 11) is 1.53. The molecule has 2 aromatic rings. The number of aromatic nitrogens is 1. The minimum atomic E-state index is -1.48. The van der Waals surface area contributed by atoms with E-state index in [4.69, 9.17) is 10.3 Å². The van der Waals surface area contributed by atoms with Crippen LogP contribution in [-0.2, 0) is 20.8 Å². The summed E-state index contributed by atoms with van der Waals surface area (Å²) in [4.78, 5) is 40.4. The van der Waals surface area contributed by atoms with Crippen LogP contribution in [0.1, 0.15) is 18.4 Å². The number of ether oxygens (including phenoxy) is 1. The van der Waals surface area contributed by atoms with Crippen molar-refractivity contribution in [3.8, 4) is 5.75 Å². The molecule has 1 amide bonds. The van der Waals surface area contributed by atoms with Crippen LogP contribution >= 0.6 is 0 Å². The number of nitrogens with one attached hydrogen (secondary N) is 2. The maximum Gasteiger partial charge on any atom is 0.326 e. The Hall–Kier alpha value is -3.49. The van der Waals surface area contributed by atoms with Gasteiger partial charge in [-0.1, -0.05) is 12.1 Å². The summed E-state index contributed by atoms with van der Waals surface area (Å²) in [6, 6.07) is 3.99. The predicted octanol–water partition coefficient (Wildman–Crippen LogP) is 0.299. The van der Waals surface area contributed by atoms with E-state index in [9.17, 15) is 24.6 Å². The number of aliphatic carboxylic acids is 1. The van der Waals surface area contributed by atoms with Crippen molar-refractivity contribution in [1.82, 2.24) is 10.3 Å². The number of methoxy groups -OCH3 is 1. The van der Waals surface area contributed by atoms with Crippen LogP contribution in [0.2, 0.25) is 0 Å². The second-order valence-corrected chi connectivity index (χ2v) is 6.07. The normalized spacial score (nSPS) is 12.6. The maximum atomic E-state index is 12.2. The molecule has 0 aliphatic carbocycles. The lowest BCUT2D eigenvalue weighted by Gasteiger charge is -2.16. The van der Waals surface area contributed by atoms with Crippen LogP contribution in [0.15, 0.2) is 24.4 Å². The van der Waals surface area contributed by atoms with Gasteiger partial charge in [0, 0.05) is 24.4 Å². The van der Waals surface area contributed by atoms with E-state index in [2.05, 4.69) is 15.1 Å². The Labute approximate surface area is 159 Å². The fraction of sp³-hybridized carbons (Fsp3) is 0.333. The Bertz CT molecular complexity index is 931. The lowest BCUT2D eigenvalue weighted by Crippen LogP contribution is -2.46. The van der Waals surface area contributed by atoms with Gasteiger partial charge in [-0.3, -0.25) is 9.59 Å². The molecule has 0 aliphatic heterocycles. The highest BCUT2D eigenvalue weighted by atomic mass is 16.5. The molecule has 0 radical (unpaired) electrons. The van der Waals surface area contributed by atoms with E-state index >= 15 is 0 Å². The van der Waals surface area contributed by atoms with E-state index in [-0.39, 0.29) is 19.3 Å². The number of carboxylic acids is 1. The van der Waals surface area contributed by atoms with E-state index < -0.39 is 29.8 Å². The molecule has 0 fully saturated rings. The van der Waals surface area contributed by atoms with Gasteiger partial charge in [-0.2, -0.15) is 4.79 Å². The standard InChI is InChI=1S/C18H20N4O6/c1-28-15-4-2-3-12-10(8-20-16(12)15)7-14(24)17(25)22-13(18(26)27)6-5-11(23)9-21-19/h2-4,8-9,13-14,20,24H,5-7H2,1H3,(H,22,25)(H,26,27). The summed E-state index contributed by atoms with van der Waals surface area (Å²) < 4.78 is 5.25. The van der Waals surface area contributed by atoms with E-state index in [1.807, 2.05) is 6.07 Å². The van der Waals surface area contributed by atoms with Crippen LogP contribution in [0.3, 0.4) is 0 Å². The van der Waals surface area contributed by atoms with Crippen LogP contribution in [-0.4, -0.2) is 63.1 Å². The first-order chi connectivity index (χ1) is 13.4. The highest BCUT2D eigenvalue weighted by Gasteiger charge is 2.25. The topological polar surface area (TPSA) is 165 Å². The summed E-state index contributed by atoms with van der Waals surface area (Å²) in [6.45, 7) is 0. The lowest BCUT2D eigenvalue weighted by atomic mass is 10.0. The molecule has 2 rings (SSSR count). The molecule has 1 aromatic heterocycles. The van der Waals surface area contributed by atoms with Gasteiger partial charge < -0.3 is 30.8 Å². The number of amides is 1. The van der Waals surface area contributed by atoms with Gasteiger partial charge >= 0.3 is 12.2 Å². The number of H-pyrrole nitrogens is 1. The molecule has 1 heterocycles. The zero-order chi connectivity index (χ0) is 20.7. The number of rotatable bonds is 10. The minimum Gasteiger partial charge on any atom is -0.495 e. The first-order valence-corrected chi connectivity index (χ1v) is 8.41. The molecule has 1 aromatic carbocycles. The Morgan fingerprint density at radius 1 is 1.39 bits per heavy atom. The Morgan fingerprint density at radius 2 is 2.14 bits per heavy atom. The Morgan fingerprint density at radius 3 is 2.79 bits per heavy atom. The number of nitrogens with zero attached hydrogens (tertiary/aromatic N) is 2. The fourth-order valence-electron chi connectivity index (χ4n) is 2.77. The number of Topliss-reactive ketones (excluding diaryl/α,β-unsaturated/α-hetero) is 1. The number of para-hydroxylation sites is 1. The van der Waals surface area contributed by atoms with Gasteiger partial charge in [0.2, 0.25) is 11.7 Å². The number of aromatic amines is 1. The van der Waals surface area contributed by atoms with Crippen molar-refractivity contribution in [3.63, 3.8) is 0 Å². The molecule has 10 nitrogen and oxygen atoms in total. The molecule has 148 valence electrons. The maximum absolute atomic E-state index is 12.2. The lowest BCUT2D eigenvalue weighted by molar-refractivity contribution is -0.143. The molecule has 10 heteroatoms. The number of aliphatic hydroxyl groups is 1. The number of benzene rings is 1. The summed E-state index contributed by atoms with van der Waals surface area (Å²) in [6.07, 6.45) is 0.331. The third-order valence-electron chi connectivity index (χ3n) is 4.19. The van der Waals surface area contributed by atoms with E-state index in [1.54, 1.807) is 18.3 Å². The van der Waals surface area contributed by atoms with Crippen LogP contribution in [0.4, 0.5) is 0 Å². The van der Waals surface area contributed by atoms with Gasteiger partial charge in [-0.15, -0.1) is 0 Å².